The highest BCUT2D eigenvalue weighted by Gasteiger charge is 2.18. The largest absolute Gasteiger partial charge is 0.357 e. The third-order valence-electron chi connectivity index (χ3n) is 4.19. The summed E-state index contributed by atoms with van der Waals surface area (Å²) in [6.07, 6.45) is 4.93. The van der Waals surface area contributed by atoms with Crippen LogP contribution < -0.4 is 11.2 Å². The number of aryl methyl sites for hydroxylation is 1. The van der Waals surface area contributed by atoms with E-state index in [-0.39, 0.29) is 5.28 Å². The monoisotopic (exact) mass is 379 g/mol. The normalized spacial score (nSPS) is 11.0. The van der Waals surface area contributed by atoms with Crippen LogP contribution in [0.25, 0.3) is 17.1 Å². The minimum absolute atomic E-state index is 0.155. The van der Waals surface area contributed by atoms with Crippen LogP contribution in [0.5, 0.6) is 0 Å². The second kappa shape index (κ2) is 6.77. The Labute approximate surface area is 158 Å². The standard InChI is InChI=1S/C19H14ClN5O2/c1-12-4-6-14(7-5-12)25-17(26)15-3-2-8-24(16(15)23-19(25)27)11-13-9-21-18(20)22-10-13/h2-10H,11H2,1H3. The van der Waals surface area contributed by atoms with Gasteiger partial charge < -0.3 is 4.57 Å². The van der Waals surface area contributed by atoms with Gasteiger partial charge in [-0.25, -0.2) is 19.3 Å². The zero-order chi connectivity index (χ0) is 19.0. The zero-order valence-corrected chi connectivity index (χ0v) is 15.1. The maximum atomic E-state index is 13.0. The Morgan fingerprint density at radius 3 is 2.44 bits per heavy atom. The van der Waals surface area contributed by atoms with E-state index in [1.165, 1.54) is 0 Å². The summed E-state index contributed by atoms with van der Waals surface area (Å²) in [7, 11) is 0. The Morgan fingerprint density at radius 2 is 1.74 bits per heavy atom. The topological polar surface area (TPSA) is 82.7 Å². The zero-order valence-electron chi connectivity index (χ0n) is 14.3. The molecule has 0 unspecified atom stereocenters. The summed E-state index contributed by atoms with van der Waals surface area (Å²) in [5.41, 5.74) is 1.63. The molecular weight excluding hydrogens is 366 g/mol. The first kappa shape index (κ1) is 17.1. The van der Waals surface area contributed by atoms with E-state index >= 15 is 0 Å². The van der Waals surface area contributed by atoms with Crippen LogP contribution in [0.15, 0.2) is 64.6 Å². The molecule has 134 valence electrons. The molecule has 8 heteroatoms. The van der Waals surface area contributed by atoms with Gasteiger partial charge in [0.25, 0.3) is 5.56 Å². The average Bonchev–Trinajstić information content (AvgIpc) is 2.66. The molecule has 1 aromatic carbocycles. The van der Waals surface area contributed by atoms with Crippen LogP contribution in [0.3, 0.4) is 0 Å². The number of hydrogen-bond acceptors (Lipinski definition) is 5. The van der Waals surface area contributed by atoms with Gasteiger partial charge in [0.1, 0.15) is 0 Å². The first-order chi connectivity index (χ1) is 13.0. The van der Waals surface area contributed by atoms with E-state index < -0.39 is 11.2 Å². The molecule has 3 heterocycles. The van der Waals surface area contributed by atoms with Gasteiger partial charge in [0, 0.05) is 24.2 Å². The van der Waals surface area contributed by atoms with Crippen molar-refractivity contribution < 1.29 is 0 Å². The van der Waals surface area contributed by atoms with Crippen LogP contribution >= 0.6 is 11.6 Å². The summed E-state index contributed by atoms with van der Waals surface area (Å²) in [6.45, 7) is 2.29. The average molecular weight is 380 g/mol. The predicted molar refractivity (Wildman–Crippen MR) is 102 cm³/mol. The van der Waals surface area contributed by atoms with Crippen LogP contribution in [0, 0.1) is 6.92 Å². The van der Waals surface area contributed by atoms with Gasteiger partial charge in [-0.2, -0.15) is 4.98 Å². The fourth-order valence-electron chi connectivity index (χ4n) is 2.85. The fourth-order valence-corrected chi connectivity index (χ4v) is 2.95. The molecule has 0 bridgehead atoms. The molecule has 0 saturated heterocycles. The fraction of sp³-hybridized carbons (Fsp3) is 0.105. The SMILES string of the molecule is Cc1ccc(-n2c(=O)nc3n(Cc4cnc(Cl)nc4)cccc-3c2=O)cc1. The Bertz CT molecular complexity index is 1200. The number of halogens is 1. The molecule has 0 spiro atoms. The lowest BCUT2D eigenvalue weighted by atomic mass is 10.2. The number of nitrogens with zero attached hydrogens (tertiary/aromatic N) is 5. The van der Waals surface area contributed by atoms with E-state index in [1.54, 1.807) is 47.4 Å². The number of fused-ring (bicyclic) bond motifs is 1. The summed E-state index contributed by atoms with van der Waals surface area (Å²) in [5.74, 6) is 0.311. The van der Waals surface area contributed by atoms with E-state index in [9.17, 15) is 9.59 Å². The molecule has 0 amide bonds. The summed E-state index contributed by atoms with van der Waals surface area (Å²) in [6, 6.07) is 10.5. The number of benzene rings is 1. The predicted octanol–water partition coefficient (Wildman–Crippen LogP) is 2.30. The quantitative estimate of drug-likeness (QED) is 0.510. The molecule has 27 heavy (non-hydrogen) atoms. The van der Waals surface area contributed by atoms with Gasteiger partial charge in [0.15, 0.2) is 5.82 Å². The molecule has 2 aromatic rings. The molecule has 0 radical (unpaired) electrons. The van der Waals surface area contributed by atoms with Gasteiger partial charge in [0.2, 0.25) is 5.28 Å². The van der Waals surface area contributed by atoms with Crippen LogP contribution in [0.1, 0.15) is 11.1 Å². The van der Waals surface area contributed by atoms with Crippen molar-refractivity contribution in [3.63, 3.8) is 0 Å². The van der Waals surface area contributed by atoms with E-state index in [4.69, 9.17) is 11.6 Å². The van der Waals surface area contributed by atoms with Crippen molar-refractivity contribution in [3.8, 4) is 17.1 Å². The number of hydrogen-bond donors (Lipinski definition) is 0. The molecule has 2 aliphatic heterocycles. The maximum Gasteiger partial charge on any atom is 0.357 e. The number of rotatable bonds is 3. The van der Waals surface area contributed by atoms with Gasteiger partial charge in [0.05, 0.1) is 17.8 Å². The van der Waals surface area contributed by atoms with Crippen molar-refractivity contribution in [3.05, 3.63) is 92.2 Å². The first-order valence-corrected chi connectivity index (χ1v) is 8.56. The van der Waals surface area contributed by atoms with Gasteiger partial charge >= 0.3 is 5.69 Å². The minimum Gasteiger partial charge on any atom is -0.328 e. The lowest BCUT2D eigenvalue weighted by Crippen LogP contribution is -2.36. The molecule has 0 aliphatic carbocycles. The molecule has 7 nitrogen and oxygen atoms in total. The van der Waals surface area contributed by atoms with Gasteiger partial charge in [-0.1, -0.05) is 17.7 Å². The molecule has 2 aliphatic rings. The van der Waals surface area contributed by atoms with E-state index in [0.29, 0.717) is 23.6 Å². The maximum absolute atomic E-state index is 13.0. The second-order valence-corrected chi connectivity index (χ2v) is 6.44. The molecule has 0 atom stereocenters. The lowest BCUT2D eigenvalue weighted by molar-refractivity contribution is 0.747. The van der Waals surface area contributed by atoms with Gasteiger partial charge in [-0.05, 0) is 42.8 Å². The van der Waals surface area contributed by atoms with Gasteiger partial charge in [-0.15, -0.1) is 0 Å². The highest BCUT2D eigenvalue weighted by atomic mass is 35.5. The molecule has 1 aromatic heterocycles. The van der Waals surface area contributed by atoms with Gasteiger partial charge in [-0.3, -0.25) is 4.79 Å². The Hall–Kier alpha value is -3.32. The molecular formula is C19H14ClN5O2. The third kappa shape index (κ3) is 3.24. The van der Waals surface area contributed by atoms with Crippen LogP contribution in [-0.4, -0.2) is 24.1 Å². The molecule has 0 N–H and O–H groups in total. The second-order valence-electron chi connectivity index (χ2n) is 6.10. The van der Waals surface area contributed by atoms with E-state index in [0.717, 1.165) is 15.7 Å². The Balaban J connectivity index is 1.85. The smallest absolute Gasteiger partial charge is 0.328 e. The minimum atomic E-state index is -0.622. The highest BCUT2D eigenvalue weighted by Crippen LogP contribution is 2.16. The van der Waals surface area contributed by atoms with Crippen molar-refractivity contribution in [2.75, 3.05) is 0 Å². The molecule has 0 fully saturated rings. The summed E-state index contributed by atoms with van der Waals surface area (Å²) in [5, 5.41) is 0.155. The van der Waals surface area contributed by atoms with Crippen LogP contribution in [0.2, 0.25) is 5.28 Å². The Morgan fingerprint density at radius 1 is 1.04 bits per heavy atom. The first-order valence-electron chi connectivity index (χ1n) is 8.18. The van der Waals surface area contributed by atoms with Crippen molar-refractivity contribution in [2.24, 2.45) is 0 Å². The summed E-state index contributed by atoms with van der Waals surface area (Å²) >= 11 is 5.71. The Kier molecular flexibility index (Phi) is 4.29. The van der Waals surface area contributed by atoms with Crippen LogP contribution in [0.4, 0.5) is 0 Å². The van der Waals surface area contributed by atoms with Crippen molar-refractivity contribution in [1.29, 1.82) is 0 Å². The third-order valence-corrected chi connectivity index (χ3v) is 4.38. The van der Waals surface area contributed by atoms with Crippen molar-refractivity contribution in [1.82, 2.24) is 24.1 Å². The lowest BCUT2D eigenvalue weighted by Gasteiger charge is -2.15. The molecule has 0 saturated carbocycles. The number of pyridine rings is 1. The summed E-state index contributed by atoms with van der Waals surface area (Å²) < 4.78 is 2.79. The number of aromatic nitrogens is 5. The highest BCUT2D eigenvalue weighted by molar-refractivity contribution is 6.28. The van der Waals surface area contributed by atoms with E-state index in [1.807, 2.05) is 19.1 Å². The van der Waals surface area contributed by atoms with Crippen molar-refractivity contribution >= 4 is 11.6 Å². The summed E-state index contributed by atoms with van der Waals surface area (Å²) in [4.78, 5) is 37.6. The van der Waals surface area contributed by atoms with Crippen LogP contribution in [-0.2, 0) is 6.54 Å². The molecule has 4 rings (SSSR count). The van der Waals surface area contributed by atoms with E-state index in [2.05, 4.69) is 15.0 Å². The van der Waals surface area contributed by atoms with Crippen molar-refractivity contribution in [2.45, 2.75) is 13.5 Å².